The number of phenolic OH excluding ortho intramolecular Hbond substituents is 1. The first kappa shape index (κ1) is 9.59. The van der Waals surface area contributed by atoms with Crippen LogP contribution in [-0.4, -0.2) is 24.9 Å². The maximum absolute atomic E-state index is 9.44. The quantitative estimate of drug-likeness (QED) is 0.649. The van der Waals surface area contributed by atoms with E-state index in [0.29, 0.717) is 16.9 Å². The normalized spacial score (nSPS) is 10.8. The highest BCUT2D eigenvalue weighted by Crippen LogP contribution is 2.21. The Balaban J connectivity index is 2.28. The van der Waals surface area contributed by atoms with Gasteiger partial charge in [-0.15, -0.1) is 0 Å². The second-order valence-corrected chi connectivity index (χ2v) is 3.57. The van der Waals surface area contributed by atoms with Gasteiger partial charge in [0.25, 0.3) is 0 Å². The van der Waals surface area contributed by atoms with Crippen molar-refractivity contribution in [2.24, 2.45) is 0 Å². The van der Waals surface area contributed by atoms with Gasteiger partial charge in [0.1, 0.15) is 17.9 Å². The number of rotatable bonds is 1. The fraction of sp³-hybridized carbons (Fsp3) is 0. The molecule has 6 nitrogen and oxygen atoms in total. The molecule has 3 aromatic rings. The van der Waals surface area contributed by atoms with Crippen LogP contribution in [0.5, 0.6) is 5.75 Å². The Labute approximate surface area is 96.4 Å². The van der Waals surface area contributed by atoms with Crippen LogP contribution in [0, 0.1) is 0 Å². The van der Waals surface area contributed by atoms with E-state index in [1.807, 2.05) is 6.07 Å². The minimum atomic E-state index is 0.174. The molecular formula is C11H9N5O. The summed E-state index contributed by atoms with van der Waals surface area (Å²) in [6, 6.07) is 6.76. The lowest BCUT2D eigenvalue weighted by molar-refractivity contribution is 0.475. The Hall–Kier alpha value is -2.63. The molecule has 6 heteroatoms. The second-order valence-electron chi connectivity index (χ2n) is 3.57. The van der Waals surface area contributed by atoms with Crippen LogP contribution in [0.3, 0.4) is 0 Å². The molecule has 2 heterocycles. The molecule has 0 atom stereocenters. The molecule has 0 radical (unpaired) electrons. The summed E-state index contributed by atoms with van der Waals surface area (Å²) in [6.45, 7) is 0. The molecule has 3 rings (SSSR count). The van der Waals surface area contributed by atoms with E-state index in [2.05, 4.69) is 15.1 Å². The number of aromatic nitrogens is 4. The highest BCUT2D eigenvalue weighted by molar-refractivity contribution is 5.85. The van der Waals surface area contributed by atoms with Gasteiger partial charge in [0.15, 0.2) is 5.65 Å². The number of phenols is 1. The van der Waals surface area contributed by atoms with Crippen molar-refractivity contribution >= 4 is 16.9 Å². The summed E-state index contributed by atoms with van der Waals surface area (Å²) in [7, 11) is 0. The maximum Gasteiger partial charge on any atom is 0.168 e. The zero-order valence-corrected chi connectivity index (χ0v) is 8.78. The molecule has 0 spiro atoms. The van der Waals surface area contributed by atoms with Crippen molar-refractivity contribution in [3.8, 4) is 11.4 Å². The Morgan fingerprint density at radius 2 is 2.12 bits per heavy atom. The molecule has 0 aliphatic rings. The largest absolute Gasteiger partial charge is 0.508 e. The standard InChI is InChI=1S/C11H9N5O/c12-10-9-5-15-16(11(9)14-6-13-10)7-2-1-3-8(17)4-7/h1-6,17H,(H2,12,13,14). The van der Waals surface area contributed by atoms with Crippen LogP contribution in [-0.2, 0) is 0 Å². The smallest absolute Gasteiger partial charge is 0.168 e. The number of benzene rings is 1. The lowest BCUT2D eigenvalue weighted by atomic mass is 10.3. The lowest BCUT2D eigenvalue weighted by Gasteiger charge is -2.03. The van der Waals surface area contributed by atoms with Gasteiger partial charge in [-0.05, 0) is 12.1 Å². The molecule has 0 bridgehead atoms. The topological polar surface area (TPSA) is 89.9 Å². The average Bonchev–Trinajstić information content (AvgIpc) is 2.74. The van der Waals surface area contributed by atoms with Gasteiger partial charge in [-0.1, -0.05) is 6.07 Å². The van der Waals surface area contributed by atoms with Gasteiger partial charge >= 0.3 is 0 Å². The first-order chi connectivity index (χ1) is 8.25. The number of nitrogens with two attached hydrogens (primary N) is 1. The predicted molar refractivity (Wildman–Crippen MR) is 62.7 cm³/mol. The molecule has 0 amide bonds. The fourth-order valence-corrected chi connectivity index (χ4v) is 1.68. The number of aromatic hydroxyl groups is 1. The Bertz CT molecular complexity index is 691. The molecule has 0 aliphatic heterocycles. The van der Waals surface area contributed by atoms with E-state index in [0.717, 1.165) is 5.69 Å². The average molecular weight is 227 g/mol. The van der Waals surface area contributed by atoms with Crippen molar-refractivity contribution in [3.63, 3.8) is 0 Å². The maximum atomic E-state index is 9.44. The molecule has 17 heavy (non-hydrogen) atoms. The molecule has 0 saturated heterocycles. The zero-order chi connectivity index (χ0) is 11.8. The summed E-state index contributed by atoms with van der Waals surface area (Å²) in [5, 5.41) is 14.3. The summed E-state index contributed by atoms with van der Waals surface area (Å²) in [4.78, 5) is 8.03. The number of nitrogens with zero attached hydrogens (tertiary/aromatic N) is 4. The predicted octanol–water partition coefficient (Wildman–Crippen LogP) is 1.10. The number of anilines is 1. The Kier molecular flexibility index (Phi) is 1.94. The van der Waals surface area contributed by atoms with Crippen LogP contribution in [0.4, 0.5) is 5.82 Å². The molecular weight excluding hydrogens is 218 g/mol. The van der Waals surface area contributed by atoms with Crippen molar-refractivity contribution < 1.29 is 5.11 Å². The molecule has 2 aromatic heterocycles. The van der Waals surface area contributed by atoms with Gasteiger partial charge < -0.3 is 10.8 Å². The van der Waals surface area contributed by atoms with Gasteiger partial charge in [0.05, 0.1) is 17.3 Å². The van der Waals surface area contributed by atoms with Crippen LogP contribution in [0.2, 0.25) is 0 Å². The molecule has 0 unspecified atom stereocenters. The second kappa shape index (κ2) is 3.44. The van der Waals surface area contributed by atoms with Crippen molar-refractivity contribution in [2.75, 3.05) is 5.73 Å². The first-order valence-corrected chi connectivity index (χ1v) is 4.99. The van der Waals surface area contributed by atoms with Crippen molar-refractivity contribution in [3.05, 3.63) is 36.8 Å². The molecule has 84 valence electrons. The third-order valence-corrected chi connectivity index (χ3v) is 2.47. The molecule has 0 fully saturated rings. The van der Waals surface area contributed by atoms with Crippen LogP contribution in [0.15, 0.2) is 36.8 Å². The fourth-order valence-electron chi connectivity index (χ4n) is 1.68. The van der Waals surface area contributed by atoms with Crippen molar-refractivity contribution in [1.82, 2.24) is 19.7 Å². The van der Waals surface area contributed by atoms with E-state index >= 15 is 0 Å². The lowest BCUT2D eigenvalue weighted by Crippen LogP contribution is -1.98. The monoisotopic (exact) mass is 227 g/mol. The Morgan fingerprint density at radius 1 is 1.24 bits per heavy atom. The summed E-state index contributed by atoms with van der Waals surface area (Å²) in [6.07, 6.45) is 2.99. The third-order valence-electron chi connectivity index (χ3n) is 2.47. The molecule has 0 aliphatic carbocycles. The number of fused-ring (bicyclic) bond motifs is 1. The first-order valence-electron chi connectivity index (χ1n) is 4.99. The molecule has 1 aromatic carbocycles. The van der Waals surface area contributed by atoms with E-state index in [4.69, 9.17) is 5.73 Å². The number of nitrogen functional groups attached to an aromatic ring is 1. The van der Waals surface area contributed by atoms with Crippen LogP contribution in [0.25, 0.3) is 16.7 Å². The van der Waals surface area contributed by atoms with E-state index in [-0.39, 0.29) is 5.75 Å². The highest BCUT2D eigenvalue weighted by Gasteiger charge is 2.09. The Morgan fingerprint density at radius 3 is 2.94 bits per heavy atom. The van der Waals surface area contributed by atoms with E-state index < -0.39 is 0 Å². The van der Waals surface area contributed by atoms with Gasteiger partial charge in [0.2, 0.25) is 0 Å². The summed E-state index contributed by atoms with van der Waals surface area (Å²) in [5.74, 6) is 0.564. The third kappa shape index (κ3) is 1.46. The van der Waals surface area contributed by atoms with E-state index in [1.165, 1.54) is 6.33 Å². The minimum Gasteiger partial charge on any atom is -0.508 e. The van der Waals surface area contributed by atoms with Crippen LogP contribution >= 0.6 is 0 Å². The van der Waals surface area contributed by atoms with Crippen LogP contribution in [0.1, 0.15) is 0 Å². The zero-order valence-electron chi connectivity index (χ0n) is 8.78. The van der Waals surface area contributed by atoms with Crippen molar-refractivity contribution in [1.29, 1.82) is 0 Å². The van der Waals surface area contributed by atoms with Gasteiger partial charge in [-0.25, -0.2) is 14.6 Å². The summed E-state index contributed by atoms with van der Waals surface area (Å²) < 4.78 is 1.60. The van der Waals surface area contributed by atoms with Gasteiger partial charge in [0, 0.05) is 6.07 Å². The molecule has 0 saturated carbocycles. The van der Waals surface area contributed by atoms with Gasteiger partial charge in [-0.2, -0.15) is 5.10 Å². The van der Waals surface area contributed by atoms with Crippen LogP contribution < -0.4 is 5.73 Å². The minimum absolute atomic E-state index is 0.174. The van der Waals surface area contributed by atoms with Crippen molar-refractivity contribution in [2.45, 2.75) is 0 Å². The molecule has 3 N–H and O–H groups in total. The SMILES string of the molecule is Nc1ncnc2c1cnn2-c1cccc(O)c1. The van der Waals surface area contributed by atoms with E-state index in [1.54, 1.807) is 29.1 Å². The highest BCUT2D eigenvalue weighted by atomic mass is 16.3. The van der Waals surface area contributed by atoms with E-state index in [9.17, 15) is 5.11 Å². The summed E-state index contributed by atoms with van der Waals surface area (Å²) in [5.41, 5.74) is 7.06. The van der Waals surface area contributed by atoms with Gasteiger partial charge in [-0.3, -0.25) is 0 Å². The summed E-state index contributed by atoms with van der Waals surface area (Å²) >= 11 is 0. The number of hydrogen-bond donors (Lipinski definition) is 2. The number of hydrogen-bond acceptors (Lipinski definition) is 5.